The fraction of sp³-hybridized carbons (Fsp3) is 0.750. The monoisotopic (exact) mass is 358 g/mol. The fourth-order valence-corrected chi connectivity index (χ4v) is 4.72. The molecule has 1 heterocycles. The first-order valence-electron chi connectivity index (χ1n) is 11.0. The minimum atomic E-state index is -0.569. The van der Waals surface area contributed by atoms with E-state index < -0.39 is 5.79 Å². The number of hydrogen-bond acceptors (Lipinski definition) is 2. The molecule has 3 rings (SSSR count). The van der Waals surface area contributed by atoms with Gasteiger partial charge < -0.3 is 9.47 Å². The molecule has 1 aliphatic carbocycles. The van der Waals surface area contributed by atoms with Gasteiger partial charge >= 0.3 is 0 Å². The van der Waals surface area contributed by atoms with Crippen molar-refractivity contribution in [2.75, 3.05) is 13.2 Å². The van der Waals surface area contributed by atoms with Crippen LogP contribution in [0.25, 0.3) is 0 Å². The van der Waals surface area contributed by atoms with Gasteiger partial charge in [0.1, 0.15) is 0 Å². The first-order chi connectivity index (χ1) is 12.6. The Bertz CT molecular complexity index is 520. The normalized spacial score (nSPS) is 32.5. The zero-order valence-electron chi connectivity index (χ0n) is 17.1. The van der Waals surface area contributed by atoms with Crippen molar-refractivity contribution in [2.45, 2.75) is 90.3 Å². The maximum Gasteiger partial charge on any atom is 0.191 e. The van der Waals surface area contributed by atoms with E-state index in [2.05, 4.69) is 45.0 Å². The van der Waals surface area contributed by atoms with Crippen molar-refractivity contribution in [3.05, 3.63) is 35.4 Å². The van der Waals surface area contributed by atoms with Gasteiger partial charge in [-0.2, -0.15) is 0 Å². The van der Waals surface area contributed by atoms with E-state index in [9.17, 15) is 0 Å². The van der Waals surface area contributed by atoms with Gasteiger partial charge in [-0.15, -0.1) is 0 Å². The molecule has 1 aromatic carbocycles. The standard InChI is InChI=1S/C24H38O2/c1-4-6-8-20-17-25-24(3,26-18-20)23-15-13-22(14-16-23)21-11-9-19(7-5-2)10-12-21/h13-16,19-21H,4-12,17-18H2,1-3H3/t19-,20-,21-,24-. The molecule has 2 fully saturated rings. The quantitative estimate of drug-likeness (QED) is 0.534. The van der Waals surface area contributed by atoms with Crippen LogP contribution in [0.4, 0.5) is 0 Å². The van der Waals surface area contributed by atoms with Crippen molar-refractivity contribution < 1.29 is 9.47 Å². The molecule has 1 aromatic rings. The highest BCUT2D eigenvalue weighted by molar-refractivity contribution is 5.28. The van der Waals surface area contributed by atoms with Crippen LogP contribution in [0.3, 0.4) is 0 Å². The van der Waals surface area contributed by atoms with Gasteiger partial charge in [-0.05, 0) is 56.4 Å². The second-order valence-electron chi connectivity index (χ2n) is 8.70. The van der Waals surface area contributed by atoms with E-state index in [1.54, 1.807) is 0 Å². The Kier molecular flexibility index (Phi) is 7.17. The molecule has 0 spiro atoms. The van der Waals surface area contributed by atoms with E-state index in [1.807, 2.05) is 0 Å². The van der Waals surface area contributed by atoms with Crippen molar-refractivity contribution in [1.29, 1.82) is 0 Å². The Balaban J connectivity index is 1.54. The minimum Gasteiger partial charge on any atom is -0.346 e. The molecule has 1 aliphatic heterocycles. The minimum absolute atomic E-state index is 0.556. The number of unbranched alkanes of at least 4 members (excludes halogenated alkanes) is 1. The van der Waals surface area contributed by atoms with Crippen LogP contribution < -0.4 is 0 Å². The summed E-state index contributed by atoms with van der Waals surface area (Å²) in [7, 11) is 0. The Morgan fingerprint density at radius 2 is 1.50 bits per heavy atom. The van der Waals surface area contributed by atoms with Crippen molar-refractivity contribution in [1.82, 2.24) is 0 Å². The van der Waals surface area contributed by atoms with Crippen LogP contribution in [0.15, 0.2) is 24.3 Å². The van der Waals surface area contributed by atoms with Crippen LogP contribution in [-0.4, -0.2) is 13.2 Å². The van der Waals surface area contributed by atoms with E-state index in [1.165, 1.54) is 63.4 Å². The van der Waals surface area contributed by atoms with Gasteiger partial charge in [0.2, 0.25) is 0 Å². The largest absolute Gasteiger partial charge is 0.346 e. The van der Waals surface area contributed by atoms with E-state index in [-0.39, 0.29) is 0 Å². The predicted octanol–water partition coefficient (Wildman–Crippen LogP) is 6.79. The third-order valence-corrected chi connectivity index (χ3v) is 6.61. The summed E-state index contributed by atoms with van der Waals surface area (Å²) in [4.78, 5) is 0. The highest BCUT2D eigenvalue weighted by Gasteiger charge is 2.34. The molecule has 0 aromatic heterocycles. The van der Waals surface area contributed by atoms with Crippen molar-refractivity contribution >= 4 is 0 Å². The molecule has 0 bridgehead atoms. The first kappa shape index (κ1) is 19.9. The molecule has 2 nitrogen and oxygen atoms in total. The van der Waals surface area contributed by atoms with Crippen LogP contribution in [0.1, 0.15) is 95.6 Å². The third kappa shape index (κ3) is 4.89. The second-order valence-corrected chi connectivity index (χ2v) is 8.70. The topological polar surface area (TPSA) is 18.5 Å². The average molecular weight is 359 g/mol. The van der Waals surface area contributed by atoms with Gasteiger partial charge in [0, 0.05) is 11.5 Å². The number of ether oxygens (including phenoxy) is 2. The van der Waals surface area contributed by atoms with Crippen molar-refractivity contribution in [3.8, 4) is 0 Å². The molecule has 146 valence electrons. The Labute approximate surface area is 160 Å². The zero-order chi connectivity index (χ0) is 18.4. The summed E-state index contributed by atoms with van der Waals surface area (Å²) in [5, 5.41) is 0. The first-order valence-corrected chi connectivity index (χ1v) is 11.0. The van der Waals surface area contributed by atoms with Crippen LogP contribution in [0.2, 0.25) is 0 Å². The summed E-state index contributed by atoms with van der Waals surface area (Å²) < 4.78 is 12.3. The van der Waals surface area contributed by atoms with Crippen LogP contribution in [0.5, 0.6) is 0 Å². The van der Waals surface area contributed by atoms with E-state index in [0.29, 0.717) is 5.92 Å². The summed E-state index contributed by atoms with van der Waals surface area (Å²) in [6.07, 6.45) is 12.0. The lowest BCUT2D eigenvalue weighted by Gasteiger charge is -2.38. The Morgan fingerprint density at radius 3 is 2.08 bits per heavy atom. The number of rotatable bonds is 7. The van der Waals surface area contributed by atoms with Crippen LogP contribution in [-0.2, 0) is 15.3 Å². The van der Waals surface area contributed by atoms with Gasteiger partial charge in [0.25, 0.3) is 0 Å². The van der Waals surface area contributed by atoms with Gasteiger partial charge in [0.05, 0.1) is 13.2 Å². The highest BCUT2D eigenvalue weighted by Crippen LogP contribution is 2.39. The fourth-order valence-electron chi connectivity index (χ4n) is 4.72. The summed E-state index contributed by atoms with van der Waals surface area (Å²) in [6.45, 7) is 8.27. The zero-order valence-corrected chi connectivity index (χ0v) is 17.1. The smallest absolute Gasteiger partial charge is 0.191 e. The predicted molar refractivity (Wildman–Crippen MR) is 108 cm³/mol. The Morgan fingerprint density at radius 1 is 0.846 bits per heavy atom. The van der Waals surface area contributed by atoms with E-state index in [4.69, 9.17) is 9.47 Å². The lowest BCUT2D eigenvalue weighted by Crippen LogP contribution is -2.39. The molecule has 0 N–H and O–H groups in total. The van der Waals surface area contributed by atoms with Crippen LogP contribution in [0, 0.1) is 11.8 Å². The Hall–Kier alpha value is -0.860. The molecule has 2 heteroatoms. The van der Waals surface area contributed by atoms with Crippen LogP contribution >= 0.6 is 0 Å². The summed E-state index contributed by atoms with van der Waals surface area (Å²) in [5.74, 6) is 1.70. The summed E-state index contributed by atoms with van der Waals surface area (Å²) >= 11 is 0. The molecule has 0 atom stereocenters. The average Bonchev–Trinajstić information content (AvgIpc) is 2.69. The molecule has 0 unspecified atom stereocenters. The molecule has 1 saturated carbocycles. The highest BCUT2D eigenvalue weighted by atomic mass is 16.7. The van der Waals surface area contributed by atoms with Gasteiger partial charge in [0.15, 0.2) is 5.79 Å². The third-order valence-electron chi connectivity index (χ3n) is 6.61. The maximum absolute atomic E-state index is 6.17. The van der Waals surface area contributed by atoms with E-state index >= 15 is 0 Å². The lowest BCUT2D eigenvalue weighted by atomic mass is 9.77. The molecule has 2 aliphatic rings. The maximum atomic E-state index is 6.17. The second kappa shape index (κ2) is 9.37. The SMILES string of the molecule is CCCC[C@H]1CO[C@](C)(c2ccc([C@H]3CC[C@H](CCC)CC3)cc2)OC1. The lowest BCUT2D eigenvalue weighted by molar-refractivity contribution is -0.282. The molecule has 0 radical (unpaired) electrons. The van der Waals surface area contributed by atoms with Gasteiger partial charge in [-0.3, -0.25) is 0 Å². The molecular weight excluding hydrogens is 320 g/mol. The molecular formula is C24H38O2. The number of hydrogen-bond donors (Lipinski definition) is 0. The molecule has 0 amide bonds. The molecule has 26 heavy (non-hydrogen) atoms. The summed E-state index contributed by atoms with van der Waals surface area (Å²) in [6, 6.07) is 9.11. The summed E-state index contributed by atoms with van der Waals surface area (Å²) in [5.41, 5.74) is 2.67. The van der Waals surface area contributed by atoms with Crippen molar-refractivity contribution in [2.24, 2.45) is 11.8 Å². The van der Waals surface area contributed by atoms with Gasteiger partial charge in [-0.25, -0.2) is 0 Å². The van der Waals surface area contributed by atoms with E-state index in [0.717, 1.165) is 30.6 Å². The van der Waals surface area contributed by atoms with Gasteiger partial charge in [-0.1, -0.05) is 63.8 Å². The number of benzene rings is 1. The van der Waals surface area contributed by atoms with Crippen molar-refractivity contribution in [3.63, 3.8) is 0 Å². The molecule has 1 saturated heterocycles.